The summed E-state index contributed by atoms with van der Waals surface area (Å²) in [5, 5.41) is 11.2. The van der Waals surface area contributed by atoms with Gasteiger partial charge in [-0.2, -0.15) is 0 Å². The number of hydrogen-bond donors (Lipinski definition) is 1. The lowest BCUT2D eigenvalue weighted by Crippen LogP contribution is -2.00. The van der Waals surface area contributed by atoms with E-state index >= 15 is 0 Å². The number of aliphatic carboxylic acids is 1. The van der Waals surface area contributed by atoms with Crippen LogP contribution >= 0.6 is 11.6 Å². The van der Waals surface area contributed by atoms with Crippen LogP contribution in [0.4, 0.5) is 0 Å². The fraction of sp³-hybridized carbons (Fsp3) is 0.154. The van der Waals surface area contributed by atoms with Gasteiger partial charge in [0, 0.05) is 10.4 Å². The summed E-state index contributed by atoms with van der Waals surface area (Å²) in [6, 6.07) is 8.99. The molecule has 0 spiro atoms. The van der Waals surface area contributed by atoms with Gasteiger partial charge in [0.05, 0.1) is 13.5 Å². The predicted molar refractivity (Wildman–Crippen MR) is 66.8 cm³/mol. The zero-order chi connectivity index (χ0) is 12.4. The van der Waals surface area contributed by atoms with Crippen molar-refractivity contribution >= 4 is 28.3 Å². The van der Waals surface area contributed by atoms with Gasteiger partial charge in [-0.1, -0.05) is 23.7 Å². The van der Waals surface area contributed by atoms with Crippen LogP contribution in [0.15, 0.2) is 30.3 Å². The quantitative estimate of drug-likeness (QED) is 0.910. The van der Waals surface area contributed by atoms with E-state index in [-0.39, 0.29) is 6.42 Å². The average Bonchev–Trinajstić information content (AvgIpc) is 2.27. The minimum atomic E-state index is -0.861. The second kappa shape index (κ2) is 4.63. The third-order valence-electron chi connectivity index (χ3n) is 2.51. The highest BCUT2D eigenvalue weighted by molar-refractivity contribution is 6.31. The first kappa shape index (κ1) is 11.7. The lowest BCUT2D eigenvalue weighted by Gasteiger charge is -2.08. The molecule has 0 bridgehead atoms. The summed E-state index contributed by atoms with van der Waals surface area (Å²) in [4.78, 5) is 10.7. The van der Waals surface area contributed by atoms with Gasteiger partial charge in [0.1, 0.15) is 5.75 Å². The molecule has 0 amide bonds. The summed E-state index contributed by atoms with van der Waals surface area (Å²) in [6.45, 7) is 0. The molecule has 88 valence electrons. The topological polar surface area (TPSA) is 46.5 Å². The summed E-state index contributed by atoms with van der Waals surface area (Å²) in [5.41, 5.74) is 0.712. The van der Waals surface area contributed by atoms with Crippen molar-refractivity contribution in [1.82, 2.24) is 0 Å². The molecule has 1 N–H and O–H groups in total. The molecule has 17 heavy (non-hydrogen) atoms. The minimum absolute atomic E-state index is 0.0189. The number of hydrogen-bond acceptors (Lipinski definition) is 2. The summed E-state index contributed by atoms with van der Waals surface area (Å²) >= 11 is 5.92. The molecule has 0 saturated heterocycles. The Morgan fingerprint density at radius 3 is 2.76 bits per heavy atom. The van der Waals surface area contributed by atoms with Gasteiger partial charge in [0.15, 0.2) is 0 Å². The fourth-order valence-electron chi connectivity index (χ4n) is 1.80. The number of halogens is 1. The molecule has 0 atom stereocenters. The van der Waals surface area contributed by atoms with Crippen molar-refractivity contribution in [3.8, 4) is 5.75 Å². The first-order valence-electron chi connectivity index (χ1n) is 5.08. The lowest BCUT2D eigenvalue weighted by atomic mass is 10.0. The summed E-state index contributed by atoms with van der Waals surface area (Å²) in [7, 11) is 1.56. The molecular weight excluding hydrogens is 240 g/mol. The highest BCUT2D eigenvalue weighted by Crippen LogP contribution is 2.30. The predicted octanol–water partition coefficient (Wildman–Crippen LogP) is 3.13. The number of ether oxygens (including phenoxy) is 1. The Morgan fingerprint density at radius 2 is 2.12 bits per heavy atom. The van der Waals surface area contributed by atoms with E-state index in [1.54, 1.807) is 25.3 Å². The van der Waals surface area contributed by atoms with Gasteiger partial charge < -0.3 is 9.84 Å². The van der Waals surface area contributed by atoms with E-state index in [0.717, 1.165) is 10.8 Å². The lowest BCUT2D eigenvalue weighted by molar-refractivity contribution is -0.136. The van der Waals surface area contributed by atoms with E-state index in [2.05, 4.69) is 0 Å². The minimum Gasteiger partial charge on any atom is -0.496 e. The maximum absolute atomic E-state index is 10.7. The van der Waals surface area contributed by atoms with Gasteiger partial charge in [0.2, 0.25) is 0 Å². The van der Waals surface area contributed by atoms with Crippen LogP contribution in [0.3, 0.4) is 0 Å². The van der Waals surface area contributed by atoms with E-state index in [0.29, 0.717) is 16.3 Å². The van der Waals surface area contributed by atoms with Crippen molar-refractivity contribution in [3.63, 3.8) is 0 Å². The molecule has 0 unspecified atom stereocenters. The zero-order valence-corrected chi connectivity index (χ0v) is 9.99. The molecule has 0 aliphatic heterocycles. The normalized spacial score (nSPS) is 10.5. The van der Waals surface area contributed by atoms with E-state index in [4.69, 9.17) is 21.4 Å². The number of rotatable bonds is 3. The van der Waals surface area contributed by atoms with Gasteiger partial charge in [-0.25, -0.2) is 0 Å². The van der Waals surface area contributed by atoms with E-state index < -0.39 is 5.97 Å². The van der Waals surface area contributed by atoms with Crippen molar-refractivity contribution in [2.75, 3.05) is 7.11 Å². The van der Waals surface area contributed by atoms with Crippen LogP contribution in [-0.2, 0) is 11.2 Å². The number of carbonyl (C=O) groups is 1. The first-order valence-corrected chi connectivity index (χ1v) is 5.46. The molecule has 3 nitrogen and oxygen atoms in total. The fourth-order valence-corrected chi connectivity index (χ4v) is 1.97. The summed E-state index contributed by atoms with van der Waals surface area (Å²) in [5.74, 6) is -0.221. The number of benzene rings is 2. The Morgan fingerprint density at radius 1 is 1.35 bits per heavy atom. The van der Waals surface area contributed by atoms with Gasteiger partial charge in [0.25, 0.3) is 0 Å². The Balaban J connectivity index is 2.61. The number of carboxylic acids is 1. The van der Waals surface area contributed by atoms with Crippen LogP contribution in [0.2, 0.25) is 5.02 Å². The molecule has 0 heterocycles. The van der Waals surface area contributed by atoms with Crippen molar-refractivity contribution in [1.29, 1.82) is 0 Å². The molecular formula is C13H11ClO3. The second-order valence-electron chi connectivity index (χ2n) is 3.73. The summed E-state index contributed by atoms with van der Waals surface area (Å²) in [6.07, 6.45) is -0.0189. The summed E-state index contributed by atoms with van der Waals surface area (Å²) < 4.78 is 5.25. The first-order chi connectivity index (χ1) is 8.10. The smallest absolute Gasteiger partial charge is 0.307 e. The second-order valence-corrected chi connectivity index (χ2v) is 4.17. The standard InChI is InChI=1S/C13H11ClO3/c1-17-12-5-8(6-13(15)16)4-9-2-3-10(14)7-11(9)12/h2-5,7H,6H2,1H3,(H,15,16). The SMILES string of the molecule is COc1cc(CC(=O)O)cc2ccc(Cl)cc12. The van der Waals surface area contributed by atoms with Crippen molar-refractivity contribution in [3.05, 3.63) is 40.9 Å². The molecule has 4 heteroatoms. The van der Waals surface area contributed by atoms with Crippen LogP contribution in [-0.4, -0.2) is 18.2 Å². The van der Waals surface area contributed by atoms with Gasteiger partial charge >= 0.3 is 5.97 Å². The van der Waals surface area contributed by atoms with Crippen LogP contribution in [0.1, 0.15) is 5.56 Å². The van der Waals surface area contributed by atoms with Crippen LogP contribution < -0.4 is 4.74 Å². The Labute approximate surface area is 104 Å². The van der Waals surface area contributed by atoms with Crippen LogP contribution in [0.5, 0.6) is 5.75 Å². The third-order valence-corrected chi connectivity index (χ3v) is 2.75. The molecule has 2 aromatic rings. The Bertz CT molecular complexity index is 578. The Hall–Kier alpha value is -1.74. The molecule has 0 saturated carbocycles. The zero-order valence-electron chi connectivity index (χ0n) is 9.24. The van der Waals surface area contributed by atoms with Crippen LogP contribution in [0, 0.1) is 0 Å². The average molecular weight is 251 g/mol. The molecule has 0 radical (unpaired) electrons. The van der Waals surface area contributed by atoms with E-state index in [1.807, 2.05) is 12.1 Å². The van der Waals surface area contributed by atoms with Gasteiger partial charge in [-0.3, -0.25) is 4.79 Å². The highest BCUT2D eigenvalue weighted by Gasteiger charge is 2.07. The molecule has 0 aliphatic carbocycles. The van der Waals surface area contributed by atoms with Crippen molar-refractivity contribution in [2.24, 2.45) is 0 Å². The van der Waals surface area contributed by atoms with E-state index in [9.17, 15) is 4.79 Å². The number of carboxylic acid groups (broad SMARTS) is 1. The van der Waals surface area contributed by atoms with Gasteiger partial charge in [-0.05, 0) is 29.1 Å². The van der Waals surface area contributed by atoms with E-state index in [1.165, 1.54) is 0 Å². The number of fused-ring (bicyclic) bond motifs is 1. The van der Waals surface area contributed by atoms with Gasteiger partial charge in [-0.15, -0.1) is 0 Å². The molecule has 2 rings (SSSR count). The maximum Gasteiger partial charge on any atom is 0.307 e. The molecule has 0 aromatic heterocycles. The third kappa shape index (κ3) is 2.50. The number of methoxy groups -OCH3 is 1. The largest absolute Gasteiger partial charge is 0.496 e. The van der Waals surface area contributed by atoms with Crippen molar-refractivity contribution < 1.29 is 14.6 Å². The van der Waals surface area contributed by atoms with Crippen molar-refractivity contribution in [2.45, 2.75) is 6.42 Å². The molecule has 0 fully saturated rings. The Kier molecular flexibility index (Phi) is 3.20. The molecule has 2 aromatic carbocycles. The monoisotopic (exact) mass is 250 g/mol. The maximum atomic E-state index is 10.7. The molecule has 0 aliphatic rings. The highest BCUT2D eigenvalue weighted by atomic mass is 35.5. The van der Waals surface area contributed by atoms with Crippen LogP contribution in [0.25, 0.3) is 10.8 Å².